The summed E-state index contributed by atoms with van der Waals surface area (Å²) in [5.74, 6) is -3.82. The highest BCUT2D eigenvalue weighted by molar-refractivity contribution is 6.36. The predicted octanol–water partition coefficient (Wildman–Crippen LogP) is 3.88. The van der Waals surface area contributed by atoms with E-state index in [-0.39, 0.29) is 0 Å². The number of benzene rings is 1. The van der Waals surface area contributed by atoms with E-state index >= 15 is 0 Å². The van der Waals surface area contributed by atoms with Crippen molar-refractivity contribution in [2.24, 2.45) is 0 Å². The SMILES string of the molecule is O=C(c1c(Cl)ccc(Cl)c1F)C(F)(F)F. The van der Waals surface area contributed by atoms with Crippen LogP contribution in [0.25, 0.3) is 0 Å². The number of rotatable bonds is 1. The Kier molecular flexibility index (Phi) is 3.25. The number of alkyl halides is 3. The molecule has 0 saturated carbocycles. The van der Waals surface area contributed by atoms with Crippen LogP contribution in [0.5, 0.6) is 0 Å². The first kappa shape index (κ1) is 12.3. The van der Waals surface area contributed by atoms with Crippen molar-refractivity contribution in [3.05, 3.63) is 33.6 Å². The van der Waals surface area contributed by atoms with Gasteiger partial charge in [0.15, 0.2) is 5.82 Å². The van der Waals surface area contributed by atoms with Crippen LogP contribution in [0.4, 0.5) is 17.6 Å². The van der Waals surface area contributed by atoms with Gasteiger partial charge in [0.05, 0.1) is 15.6 Å². The maximum Gasteiger partial charge on any atom is 0.455 e. The molecule has 0 unspecified atom stereocenters. The molecule has 0 amide bonds. The molecule has 0 atom stereocenters. The van der Waals surface area contributed by atoms with Gasteiger partial charge in [-0.1, -0.05) is 23.2 Å². The van der Waals surface area contributed by atoms with Gasteiger partial charge in [-0.25, -0.2) is 4.39 Å². The van der Waals surface area contributed by atoms with Gasteiger partial charge in [-0.05, 0) is 12.1 Å². The minimum Gasteiger partial charge on any atom is -0.284 e. The second-order valence-corrected chi connectivity index (χ2v) is 3.36. The third kappa shape index (κ3) is 2.41. The summed E-state index contributed by atoms with van der Waals surface area (Å²) in [7, 11) is 0. The van der Waals surface area contributed by atoms with Crippen LogP contribution in [0.3, 0.4) is 0 Å². The van der Waals surface area contributed by atoms with Crippen LogP contribution < -0.4 is 0 Å². The zero-order chi connectivity index (χ0) is 11.8. The first-order chi connectivity index (χ1) is 6.75. The minimum absolute atomic E-state index is 0.591. The van der Waals surface area contributed by atoms with Crippen molar-refractivity contribution in [2.45, 2.75) is 6.18 Å². The summed E-state index contributed by atoms with van der Waals surface area (Å²) >= 11 is 10.5. The van der Waals surface area contributed by atoms with Gasteiger partial charge in [0, 0.05) is 0 Å². The van der Waals surface area contributed by atoms with Gasteiger partial charge < -0.3 is 0 Å². The lowest BCUT2D eigenvalue weighted by Crippen LogP contribution is -2.24. The number of carbonyl (C=O) groups excluding carboxylic acids is 1. The lowest BCUT2D eigenvalue weighted by molar-refractivity contribution is -0.0887. The molecule has 0 bridgehead atoms. The molecule has 0 aromatic heterocycles. The summed E-state index contributed by atoms with van der Waals surface area (Å²) in [5, 5.41) is -1.22. The molecule has 0 N–H and O–H groups in total. The molecule has 1 aromatic rings. The van der Waals surface area contributed by atoms with Gasteiger partial charge in [0.25, 0.3) is 5.78 Å². The topological polar surface area (TPSA) is 17.1 Å². The smallest absolute Gasteiger partial charge is 0.284 e. The molecule has 0 aliphatic heterocycles. The highest BCUT2D eigenvalue weighted by Crippen LogP contribution is 2.31. The number of ketones is 1. The van der Waals surface area contributed by atoms with E-state index in [0.29, 0.717) is 0 Å². The first-order valence-corrected chi connectivity index (χ1v) is 4.25. The molecule has 0 spiro atoms. The van der Waals surface area contributed by atoms with Crippen molar-refractivity contribution in [2.75, 3.05) is 0 Å². The van der Waals surface area contributed by atoms with Crippen molar-refractivity contribution < 1.29 is 22.4 Å². The molecule has 0 aliphatic rings. The molecule has 7 heteroatoms. The van der Waals surface area contributed by atoms with Crippen molar-refractivity contribution in [3.63, 3.8) is 0 Å². The molecule has 0 radical (unpaired) electrons. The molecule has 1 nitrogen and oxygen atoms in total. The molecule has 0 heterocycles. The fraction of sp³-hybridized carbons (Fsp3) is 0.125. The van der Waals surface area contributed by atoms with Gasteiger partial charge >= 0.3 is 6.18 Å². The normalized spacial score (nSPS) is 11.6. The van der Waals surface area contributed by atoms with Gasteiger partial charge in [-0.2, -0.15) is 13.2 Å². The van der Waals surface area contributed by atoms with E-state index in [4.69, 9.17) is 23.2 Å². The highest BCUT2D eigenvalue weighted by atomic mass is 35.5. The summed E-state index contributed by atoms with van der Waals surface area (Å²) in [4.78, 5) is 10.8. The maximum absolute atomic E-state index is 13.1. The molecule has 0 fully saturated rings. The van der Waals surface area contributed by atoms with Crippen LogP contribution in [-0.2, 0) is 0 Å². The second kappa shape index (κ2) is 3.98. The van der Waals surface area contributed by atoms with E-state index in [1.807, 2.05) is 0 Å². The number of carbonyl (C=O) groups is 1. The average molecular weight is 261 g/mol. The highest BCUT2D eigenvalue weighted by Gasteiger charge is 2.42. The van der Waals surface area contributed by atoms with Gasteiger partial charge in [-0.15, -0.1) is 0 Å². The monoisotopic (exact) mass is 260 g/mol. The molecule has 1 rings (SSSR count). The summed E-state index contributed by atoms with van der Waals surface area (Å²) in [5.41, 5.74) is -1.25. The summed E-state index contributed by atoms with van der Waals surface area (Å²) in [6.07, 6.45) is -5.19. The first-order valence-electron chi connectivity index (χ1n) is 3.50. The molecule has 0 aliphatic carbocycles. The van der Waals surface area contributed by atoms with E-state index in [2.05, 4.69) is 0 Å². The zero-order valence-electron chi connectivity index (χ0n) is 6.83. The molecular weight excluding hydrogens is 259 g/mol. The Morgan fingerprint density at radius 1 is 1.13 bits per heavy atom. The van der Waals surface area contributed by atoms with Gasteiger partial charge in [0.2, 0.25) is 0 Å². The fourth-order valence-electron chi connectivity index (χ4n) is 0.877. The van der Waals surface area contributed by atoms with Crippen LogP contribution in [0.1, 0.15) is 10.4 Å². The van der Waals surface area contributed by atoms with Crippen molar-refractivity contribution in [1.82, 2.24) is 0 Å². The van der Waals surface area contributed by atoms with Crippen molar-refractivity contribution in [1.29, 1.82) is 0 Å². The number of hydrogen-bond donors (Lipinski definition) is 0. The fourth-order valence-corrected chi connectivity index (χ4v) is 1.27. The summed E-state index contributed by atoms with van der Waals surface area (Å²) in [6, 6.07) is 1.89. The standard InChI is InChI=1S/C8H2Cl2F4O/c9-3-1-2-4(10)6(11)5(3)7(15)8(12,13)14/h1-2H. The van der Waals surface area contributed by atoms with E-state index in [1.54, 1.807) is 0 Å². The van der Waals surface area contributed by atoms with Gasteiger partial charge in [-0.3, -0.25) is 4.79 Å². The Morgan fingerprint density at radius 3 is 2.07 bits per heavy atom. The van der Waals surface area contributed by atoms with Crippen molar-refractivity contribution in [3.8, 4) is 0 Å². The Balaban J connectivity index is 3.38. The lowest BCUT2D eigenvalue weighted by Gasteiger charge is -2.08. The molecule has 0 saturated heterocycles. The van der Waals surface area contributed by atoms with E-state index in [0.717, 1.165) is 12.1 Å². The molecule has 15 heavy (non-hydrogen) atoms. The molecule has 1 aromatic carbocycles. The predicted molar refractivity (Wildman–Crippen MR) is 46.8 cm³/mol. The zero-order valence-corrected chi connectivity index (χ0v) is 8.34. The molecular formula is C8H2Cl2F4O. The van der Waals surface area contributed by atoms with E-state index < -0.39 is 33.4 Å². The van der Waals surface area contributed by atoms with Crippen LogP contribution in [0.2, 0.25) is 10.0 Å². The minimum atomic E-state index is -5.19. The van der Waals surface area contributed by atoms with Crippen LogP contribution in [0, 0.1) is 5.82 Å². The van der Waals surface area contributed by atoms with Crippen LogP contribution in [0.15, 0.2) is 12.1 Å². The number of hydrogen-bond acceptors (Lipinski definition) is 1. The Hall–Kier alpha value is -0.810. The van der Waals surface area contributed by atoms with E-state index in [1.165, 1.54) is 0 Å². The third-order valence-corrected chi connectivity index (χ3v) is 2.14. The number of Topliss-reactive ketones (excluding diaryl/α,β-unsaturated/α-hetero) is 1. The lowest BCUT2D eigenvalue weighted by atomic mass is 10.1. The largest absolute Gasteiger partial charge is 0.455 e. The van der Waals surface area contributed by atoms with E-state index in [9.17, 15) is 22.4 Å². The summed E-state index contributed by atoms with van der Waals surface area (Å²) in [6.45, 7) is 0. The van der Waals surface area contributed by atoms with Gasteiger partial charge in [0.1, 0.15) is 0 Å². The van der Waals surface area contributed by atoms with Crippen molar-refractivity contribution >= 4 is 29.0 Å². The van der Waals surface area contributed by atoms with Crippen LogP contribution in [-0.4, -0.2) is 12.0 Å². The third-order valence-electron chi connectivity index (χ3n) is 1.53. The maximum atomic E-state index is 13.1. The Labute approximate surface area is 91.6 Å². The molecule has 82 valence electrons. The Morgan fingerprint density at radius 2 is 1.60 bits per heavy atom. The number of halogens is 6. The van der Waals surface area contributed by atoms with Crippen LogP contribution >= 0.6 is 23.2 Å². The second-order valence-electron chi connectivity index (χ2n) is 2.55. The quantitative estimate of drug-likeness (QED) is 0.426. The summed E-state index contributed by atoms with van der Waals surface area (Å²) < 4.78 is 49.1. The Bertz CT molecular complexity index is 414. The average Bonchev–Trinajstić information content (AvgIpc) is 2.10.